The molecule has 1 aliphatic rings. The van der Waals surface area contributed by atoms with E-state index in [1.807, 2.05) is 37.3 Å². The molecule has 26 heavy (non-hydrogen) atoms. The van der Waals surface area contributed by atoms with Gasteiger partial charge in [-0.1, -0.05) is 29.5 Å². The number of carbonyl (C=O) groups is 1. The van der Waals surface area contributed by atoms with Gasteiger partial charge >= 0.3 is 0 Å². The highest BCUT2D eigenvalue weighted by atomic mass is 32.1. The van der Waals surface area contributed by atoms with Gasteiger partial charge in [-0.25, -0.2) is 4.98 Å². The van der Waals surface area contributed by atoms with E-state index in [4.69, 9.17) is 14.5 Å². The van der Waals surface area contributed by atoms with Gasteiger partial charge in [-0.05, 0) is 30.2 Å². The number of aryl methyl sites for hydroxylation is 1. The van der Waals surface area contributed by atoms with Crippen LogP contribution in [0.15, 0.2) is 54.7 Å². The van der Waals surface area contributed by atoms with E-state index in [0.29, 0.717) is 24.9 Å². The second kappa shape index (κ2) is 7.13. The fraction of sp³-hybridized carbons (Fsp3) is 0.211. The Morgan fingerprint density at radius 2 is 2.19 bits per heavy atom. The number of carbonyl (C=O) groups excluding carboxylic acids is 1. The lowest BCUT2D eigenvalue weighted by Crippen LogP contribution is -2.33. The lowest BCUT2D eigenvalue weighted by atomic mass is 10.2. The number of anilines is 1. The summed E-state index contributed by atoms with van der Waals surface area (Å²) in [5.41, 5.74) is 2.90. The van der Waals surface area contributed by atoms with Crippen molar-refractivity contribution in [3.63, 3.8) is 0 Å². The quantitative estimate of drug-likeness (QED) is 0.707. The molecule has 0 saturated carbocycles. The lowest BCUT2D eigenvalue weighted by Gasteiger charge is -2.23. The number of aromatic nitrogens is 2. The maximum absolute atomic E-state index is 13.1. The van der Waals surface area contributed by atoms with Crippen LogP contribution in [0.25, 0.3) is 10.2 Å². The minimum atomic E-state index is -0.273. The molecule has 1 aromatic carbocycles. The second-order valence-corrected chi connectivity index (χ2v) is 6.88. The standard InChI is InChI=1S/C19H17N3O3S/c1-13-4-2-6-16-17(13)21-19(26-16)22(11-14-5-3-7-20-10-14)18(23)15-12-24-8-9-25-15/h2-7,10,12H,8-9,11H2,1H3. The molecule has 7 heteroatoms. The van der Waals surface area contributed by atoms with Crippen molar-refractivity contribution in [3.8, 4) is 0 Å². The lowest BCUT2D eigenvalue weighted by molar-refractivity contribution is -0.119. The molecule has 0 atom stereocenters. The van der Waals surface area contributed by atoms with E-state index in [1.54, 1.807) is 17.3 Å². The van der Waals surface area contributed by atoms with Gasteiger partial charge in [0.1, 0.15) is 19.5 Å². The molecule has 6 nitrogen and oxygen atoms in total. The van der Waals surface area contributed by atoms with Gasteiger partial charge in [-0.2, -0.15) is 0 Å². The zero-order valence-electron chi connectivity index (χ0n) is 14.2. The normalized spacial score (nSPS) is 13.7. The minimum absolute atomic E-state index is 0.191. The Kier molecular flexibility index (Phi) is 4.53. The Morgan fingerprint density at radius 1 is 1.27 bits per heavy atom. The van der Waals surface area contributed by atoms with Gasteiger partial charge in [-0.3, -0.25) is 14.7 Å². The minimum Gasteiger partial charge on any atom is -0.494 e. The van der Waals surface area contributed by atoms with Gasteiger partial charge in [-0.15, -0.1) is 0 Å². The van der Waals surface area contributed by atoms with Gasteiger partial charge in [0, 0.05) is 12.4 Å². The molecule has 4 rings (SSSR count). The fourth-order valence-corrected chi connectivity index (χ4v) is 3.75. The number of nitrogens with zero attached hydrogens (tertiary/aromatic N) is 3. The summed E-state index contributed by atoms with van der Waals surface area (Å²) in [6.45, 7) is 3.17. The van der Waals surface area contributed by atoms with Crippen molar-refractivity contribution in [1.29, 1.82) is 0 Å². The molecule has 3 heterocycles. The molecule has 0 aliphatic carbocycles. The number of para-hydroxylation sites is 1. The van der Waals surface area contributed by atoms with E-state index in [2.05, 4.69) is 4.98 Å². The van der Waals surface area contributed by atoms with Crippen LogP contribution in [0.1, 0.15) is 11.1 Å². The first-order chi connectivity index (χ1) is 12.7. The smallest absolute Gasteiger partial charge is 0.298 e. The van der Waals surface area contributed by atoms with Gasteiger partial charge in [0.25, 0.3) is 5.91 Å². The highest BCUT2D eigenvalue weighted by Crippen LogP contribution is 2.32. The van der Waals surface area contributed by atoms with Crippen molar-refractivity contribution < 1.29 is 14.3 Å². The van der Waals surface area contributed by atoms with Gasteiger partial charge in [0.05, 0.1) is 16.8 Å². The van der Waals surface area contributed by atoms with Crippen LogP contribution >= 0.6 is 11.3 Å². The van der Waals surface area contributed by atoms with Gasteiger partial charge in [0.2, 0.25) is 5.76 Å². The molecule has 0 fully saturated rings. The Hall–Kier alpha value is -2.93. The van der Waals surface area contributed by atoms with Crippen LogP contribution in [0.3, 0.4) is 0 Å². The predicted octanol–water partition coefficient (Wildman–Crippen LogP) is 3.42. The average Bonchev–Trinajstić information content (AvgIpc) is 3.12. The molecule has 0 radical (unpaired) electrons. The summed E-state index contributed by atoms with van der Waals surface area (Å²) in [6, 6.07) is 9.79. The fourth-order valence-electron chi connectivity index (χ4n) is 2.70. The zero-order valence-corrected chi connectivity index (χ0v) is 15.0. The number of thiazole rings is 1. The molecule has 0 unspecified atom stereocenters. The van der Waals surface area contributed by atoms with Crippen LogP contribution in [0, 0.1) is 6.92 Å². The van der Waals surface area contributed by atoms with E-state index in [1.165, 1.54) is 17.6 Å². The van der Waals surface area contributed by atoms with E-state index >= 15 is 0 Å². The Bertz CT molecular complexity index is 969. The first-order valence-corrected chi connectivity index (χ1v) is 9.05. The van der Waals surface area contributed by atoms with Crippen LogP contribution in [0.5, 0.6) is 0 Å². The first-order valence-electron chi connectivity index (χ1n) is 8.24. The third-order valence-electron chi connectivity index (χ3n) is 4.01. The van der Waals surface area contributed by atoms with E-state index in [9.17, 15) is 4.79 Å². The third-order valence-corrected chi connectivity index (χ3v) is 5.05. The summed E-state index contributed by atoms with van der Waals surface area (Å²) >= 11 is 1.48. The monoisotopic (exact) mass is 367 g/mol. The van der Waals surface area contributed by atoms with Crippen LogP contribution in [-0.2, 0) is 20.8 Å². The van der Waals surface area contributed by atoms with Crippen molar-refractivity contribution in [1.82, 2.24) is 9.97 Å². The number of hydrogen-bond donors (Lipinski definition) is 0. The molecule has 1 aliphatic heterocycles. The maximum atomic E-state index is 13.1. The molecule has 2 aromatic heterocycles. The second-order valence-electron chi connectivity index (χ2n) is 5.87. The molecule has 0 bridgehead atoms. The third kappa shape index (κ3) is 3.25. The predicted molar refractivity (Wildman–Crippen MR) is 99.8 cm³/mol. The number of rotatable bonds is 4. The highest BCUT2D eigenvalue weighted by Gasteiger charge is 2.26. The van der Waals surface area contributed by atoms with Crippen molar-refractivity contribution >= 4 is 32.6 Å². The number of ether oxygens (including phenoxy) is 2. The average molecular weight is 367 g/mol. The maximum Gasteiger partial charge on any atom is 0.298 e. The van der Waals surface area contributed by atoms with Crippen LogP contribution < -0.4 is 4.90 Å². The molecule has 3 aromatic rings. The number of fused-ring (bicyclic) bond motifs is 1. The van der Waals surface area contributed by atoms with E-state index in [0.717, 1.165) is 21.3 Å². The Labute approximate surface area is 154 Å². The van der Waals surface area contributed by atoms with Gasteiger partial charge in [0.15, 0.2) is 5.13 Å². The Balaban J connectivity index is 1.74. The van der Waals surface area contributed by atoms with Gasteiger partial charge < -0.3 is 9.47 Å². The summed E-state index contributed by atoms with van der Waals surface area (Å²) in [6.07, 6.45) is 4.82. The summed E-state index contributed by atoms with van der Waals surface area (Å²) in [4.78, 5) is 23.5. The van der Waals surface area contributed by atoms with Crippen molar-refractivity contribution in [2.75, 3.05) is 18.1 Å². The van der Waals surface area contributed by atoms with Crippen LogP contribution in [0.4, 0.5) is 5.13 Å². The molecule has 1 amide bonds. The molecular formula is C19H17N3O3S. The molecule has 0 saturated heterocycles. The van der Waals surface area contributed by atoms with Crippen molar-refractivity contribution in [3.05, 3.63) is 65.9 Å². The molecule has 0 spiro atoms. The highest BCUT2D eigenvalue weighted by molar-refractivity contribution is 7.22. The molecule has 0 N–H and O–H groups in total. The Morgan fingerprint density at radius 3 is 2.92 bits per heavy atom. The SMILES string of the molecule is Cc1cccc2sc(N(Cc3cccnc3)C(=O)C3=COCCO3)nc12. The summed E-state index contributed by atoms with van der Waals surface area (Å²) in [5, 5.41) is 0.623. The summed E-state index contributed by atoms with van der Waals surface area (Å²) in [5.74, 6) is -0.0821. The molecular weight excluding hydrogens is 350 g/mol. The summed E-state index contributed by atoms with van der Waals surface area (Å²) in [7, 11) is 0. The molecule has 132 valence electrons. The largest absolute Gasteiger partial charge is 0.494 e. The first kappa shape index (κ1) is 16.5. The van der Waals surface area contributed by atoms with Crippen LogP contribution in [-0.4, -0.2) is 29.1 Å². The van der Waals surface area contributed by atoms with E-state index < -0.39 is 0 Å². The van der Waals surface area contributed by atoms with Crippen molar-refractivity contribution in [2.45, 2.75) is 13.5 Å². The summed E-state index contributed by atoms with van der Waals surface area (Å²) < 4.78 is 11.8. The number of pyridine rings is 1. The van der Waals surface area contributed by atoms with E-state index in [-0.39, 0.29) is 11.7 Å². The number of amides is 1. The topological polar surface area (TPSA) is 64.6 Å². The van der Waals surface area contributed by atoms with Crippen LogP contribution in [0.2, 0.25) is 0 Å². The van der Waals surface area contributed by atoms with Crippen molar-refractivity contribution in [2.24, 2.45) is 0 Å². The number of benzene rings is 1. The zero-order chi connectivity index (χ0) is 17.9. The number of hydrogen-bond acceptors (Lipinski definition) is 6.